The van der Waals surface area contributed by atoms with Crippen LogP contribution in [0.1, 0.15) is 56.6 Å². The van der Waals surface area contributed by atoms with E-state index in [1.807, 2.05) is 13.8 Å². The Morgan fingerprint density at radius 1 is 1.04 bits per heavy atom. The molecule has 152 valence electrons. The first-order valence-electron chi connectivity index (χ1n) is 9.44. The molecule has 0 spiro atoms. The van der Waals surface area contributed by atoms with Gasteiger partial charge in [0.05, 0.1) is 18.1 Å². The van der Waals surface area contributed by atoms with Gasteiger partial charge in [0.25, 0.3) is 0 Å². The monoisotopic (exact) mass is 394 g/mol. The summed E-state index contributed by atoms with van der Waals surface area (Å²) in [5.41, 5.74) is 1.09. The minimum atomic E-state index is -4.40. The van der Waals surface area contributed by atoms with E-state index in [9.17, 15) is 23.1 Å². The summed E-state index contributed by atoms with van der Waals surface area (Å²) in [6.07, 6.45) is -1.17. The quantitative estimate of drug-likeness (QED) is 0.493. The average Bonchev–Trinajstić information content (AvgIpc) is 2.64. The number of carbonyl (C=O) groups is 1. The second-order valence-electron chi connectivity index (χ2n) is 6.69. The van der Waals surface area contributed by atoms with Crippen LogP contribution in [0.25, 0.3) is 11.1 Å². The minimum absolute atomic E-state index is 0.406. The van der Waals surface area contributed by atoms with Crippen LogP contribution in [0.15, 0.2) is 42.5 Å². The number of halogens is 3. The van der Waals surface area contributed by atoms with Gasteiger partial charge in [0.2, 0.25) is 0 Å². The van der Waals surface area contributed by atoms with Gasteiger partial charge >= 0.3 is 12.1 Å². The number of hydrogen-bond donors (Lipinski definition) is 1. The van der Waals surface area contributed by atoms with Gasteiger partial charge in [-0.1, -0.05) is 44.4 Å². The summed E-state index contributed by atoms with van der Waals surface area (Å²) < 4.78 is 44.0. The SMILES string of the molecule is CCCCCC(C(=O)O)c1cc(OCC)cc(-c2ccc(C(F)(F)F)cc2)c1. The molecule has 3 nitrogen and oxygen atoms in total. The number of carboxylic acid groups (broad SMARTS) is 1. The molecule has 0 saturated carbocycles. The van der Waals surface area contributed by atoms with Crippen molar-refractivity contribution in [1.82, 2.24) is 0 Å². The Hall–Kier alpha value is -2.50. The minimum Gasteiger partial charge on any atom is -0.494 e. The molecular weight excluding hydrogens is 369 g/mol. The fraction of sp³-hybridized carbons (Fsp3) is 0.409. The van der Waals surface area contributed by atoms with Crippen molar-refractivity contribution in [2.45, 2.75) is 51.6 Å². The molecular formula is C22H25F3O3. The van der Waals surface area contributed by atoms with Crippen LogP contribution in [0.3, 0.4) is 0 Å². The first kappa shape index (κ1) is 21.8. The molecule has 2 aromatic rings. The average molecular weight is 394 g/mol. The van der Waals surface area contributed by atoms with E-state index in [2.05, 4.69) is 0 Å². The summed E-state index contributed by atoms with van der Waals surface area (Å²) >= 11 is 0. The van der Waals surface area contributed by atoms with Crippen molar-refractivity contribution in [3.05, 3.63) is 53.6 Å². The van der Waals surface area contributed by atoms with Crippen molar-refractivity contribution >= 4 is 5.97 Å². The third kappa shape index (κ3) is 5.75. The summed E-state index contributed by atoms with van der Waals surface area (Å²) in [4.78, 5) is 11.8. The van der Waals surface area contributed by atoms with E-state index in [4.69, 9.17) is 4.74 Å². The van der Waals surface area contributed by atoms with Crippen LogP contribution in [-0.2, 0) is 11.0 Å². The highest BCUT2D eigenvalue weighted by Crippen LogP contribution is 2.34. The van der Waals surface area contributed by atoms with E-state index in [1.54, 1.807) is 18.2 Å². The van der Waals surface area contributed by atoms with Gasteiger partial charge in [-0.25, -0.2) is 0 Å². The predicted octanol–water partition coefficient (Wildman–Crippen LogP) is 6.52. The molecule has 1 unspecified atom stereocenters. The molecule has 0 aliphatic rings. The van der Waals surface area contributed by atoms with Crippen molar-refractivity contribution in [3.63, 3.8) is 0 Å². The van der Waals surface area contributed by atoms with E-state index >= 15 is 0 Å². The Morgan fingerprint density at radius 3 is 2.25 bits per heavy atom. The first-order chi connectivity index (χ1) is 13.3. The summed E-state index contributed by atoms with van der Waals surface area (Å²) in [5.74, 6) is -1.08. The molecule has 0 aliphatic heterocycles. The molecule has 0 bridgehead atoms. The van der Waals surface area contributed by atoms with Crippen LogP contribution in [-0.4, -0.2) is 17.7 Å². The second-order valence-corrected chi connectivity index (χ2v) is 6.69. The summed E-state index contributed by atoms with van der Waals surface area (Å²) in [6, 6.07) is 10.0. The third-order valence-corrected chi connectivity index (χ3v) is 4.58. The Bertz CT molecular complexity index is 783. The van der Waals surface area contributed by atoms with Gasteiger partial charge in [0, 0.05) is 0 Å². The van der Waals surface area contributed by atoms with Gasteiger partial charge in [0.1, 0.15) is 5.75 Å². The molecule has 0 heterocycles. The molecule has 2 aromatic carbocycles. The van der Waals surface area contributed by atoms with Crippen molar-refractivity contribution in [2.75, 3.05) is 6.61 Å². The molecule has 1 N–H and O–H groups in total. The van der Waals surface area contributed by atoms with Gasteiger partial charge < -0.3 is 9.84 Å². The van der Waals surface area contributed by atoms with E-state index in [1.165, 1.54) is 12.1 Å². The molecule has 0 amide bonds. The Balaban J connectivity index is 2.42. The lowest BCUT2D eigenvalue weighted by molar-refractivity contribution is -0.139. The number of rotatable bonds is 9. The van der Waals surface area contributed by atoms with E-state index in [0.29, 0.717) is 35.5 Å². The van der Waals surface area contributed by atoms with Crippen LogP contribution < -0.4 is 4.74 Å². The van der Waals surface area contributed by atoms with Gasteiger partial charge in [-0.05, 0) is 54.3 Å². The van der Waals surface area contributed by atoms with Crippen LogP contribution in [0.4, 0.5) is 13.2 Å². The number of benzene rings is 2. The molecule has 28 heavy (non-hydrogen) atoms. The highest BCUT2D eigenvalue weighted by molar-refractivity contribution is 5.78. The molecule has 2 rings (SSSR count). The van der Waals surface area contributed by atoms with Crippen LogP contribution in [0, 0.1) is 0 Å². The smallest absolute Gasteiger partial charge is 0.416 e. The molecule has 6 heteroatoms. The number of unbranched alkanes of at least 4 members (excludes halogenated alkanes) is 2. The lowest BCUT2D eigenvalue weighted by Crippen LogP contribution is -2.12. The molecule has 1 atom stereocenters. The van der Waals surface area contributed by atoms with Gasteiger partial charge in [-0.2, -0.15) is 13.2 Å². The number of carboxylic acids is 1. The fourth-order valence-corrected chi connectivity index (χ4v) is 3.12. The second kappa shape index (κ2) is 9.62. The number of aliphatic carboxylic acids is 1. The summed E-state index contributed by atoms with van der Waals surface area (Å²) in [6.45, 7) is 4.28. The van der Waals surface area contributed by atoms with Crippen LogP contribution in [0.2, 0.25) is 0 Å². The maximum atomic E-state index is 12.8. The normalized spacial score (nSPS) is 12.6. The summed E-state index contributed by atoms with van der Waals surface area (Å²) in [5, 5.41) is 9.67. The predicted molar refractivity (Wildman–Crippen MR) is 103 cm³/mol. The highest BCUT2D eigenvalue weighted by atomic mass is 19.4. The van der Waals surface area contributed by atoms with E-state index in [-0.39, 0.29) is 0 Å². The van der Waals surface area contributed by atoms with Crippen LogP contribution >= 0.6 is 0 Å². The number of hydrogen-bond acceptors (Lipinski definition) is 2. The largest absolute Gasteiger partial charge is 0.494 e. The maximum absolute atomic E-state index is 12.8. The number of alkyl halides is 3. The Labute approximate surface area is 163 Å². The topological polar surface area (TPSA) is 46.5 Å². The first-order valence-corrected chi connectivity index (χ1v) is 9.44. The molecule has 0 saturated heterocycles. The lowest BCUT2D eigenvalue weighted by atomic mass is 9.90. The zero-order valence-electron chi connectivity index (χ0n) is 16.1. The molecule has 0 radical (unpaired) electrons. The van der Waals surface area contributed by atoms with E-state index in [0.717, 1.165) is 31.4 Å². The zero-order valence-corrected chi connectivity index (χ0v) is 16.1. The third-order valence-electron chi connectivity index (χ3n) is 4.58. The van der Waals surface area contributed by atoms with E-state index < -0.39 is 23.6 Å². The maximum Gasteiger partial charge on any atom is 0.416 e. The van der Waals surface area contributed by atoms with Crippen molar-refractivity contribution in [1.29, 1.82) is 0 Å². The zero-order chi connectivity index (χ0) is 20.7. The Kier molecular flexibility index (Phi) is 7.49. The van der Waals surface area contributed by atoms with Gasteiger partial charge in [-0.3, -0.25) is 4.79 Å². The van der Waals surface area contributed by atoms with Gasteiger partial charge in [0.15, 0.2) is 0 Å². The molecule has 0 fully saturated rings. The lowest BCUT2D eigenvalue weighted by Gasteiger charge is -2.16. The van der Waals surface area contributed by atoms with Crippen molar-refractivity contribution in [3.8, 4) is 16.9 Å². The van der Waals surface area contributed by atoms with Crippen molar-refractivity contribution in [2.24, 2.45) is 0 Å². The Morgan fingerprint density at radius 2 is 1.71 bits per heavy atom. The molecule has 0 aliphatic carbocycles. The van der Waals surface area contributed by atoms with Crippen LogP contribution in [0.5, 0.6) is 5.75 Å². The standard InChI is InChI=1S/C22H25F3O3/c1-3-5-6-7-20(21(26)27)17-12-16(13-19(14-17)28-4-2)15-8-10-18(11-9-15)22(23,24)25/h8-14,20H,3-7H2,1-2H3,(H,26,27). The highest BCUT2D eigenvalue weighted by Gasteiger charge is 2.30. The van der Waals surface area contributed by atoms with Crippen molar-refractivity contribution < 1.29 is 27.8 Å². The van der Waals surface area contributed by atoms with Gasteiger partial charge in [-0.15, -0.1) is 0 Å². The molecule has 0 aromatic heterocycles. The number of ether oxygens (including phenoxy) is 1. The fourth-order valence-electron chi connectivity index (χ4n) is 3.12. The summed E-state index contributed by atoms with van der Waals surface area (Å²) in [7, 11) is 0.